The molecule has 5 N–H and O–H groups in total. The third kappa shape index (κ3) is 8.90. The molecule has 1 aromatic rings. The largest absolute Gasteiger partial charge is 0.480 e. The van der Waals surface area contributed by atoms with E-state index in [1.54, 1.807) is 0 Å². The zero-order chi connectivity index (χ0) is 24.2. The SMILES string of the molecule is CSCCC(NC(=O)C(CS)NC(=O)C(Cc1ccccc1)NC(=O)C1CCCN1)C(=O)O. The van der Waals surface area contributed by atoms with Crippen LogP contribution in [-0.4, -0.2) is 77.3 Å². The number of nitrogens with one attached hydrogen (secondary N) is 4. The van der Waals surface area contributed by atoms with Crippen molar-refractivity contribution >= 4 is 48.1 Å². The van der Waals surface area contributed by atoms with E-state index in [0.29, 0.717) is 12.2 Å². The van der Waals surface area contributed by atoms with Crippen molar-refractivity contribution in [2.45, 2.75) is 49.9 Å². The number of carbonyl (C=O) groups excluding carboxylic acids is 3. The number of hydrogen-bond donors (Lipinski definition) is 6. The van der Waals surface area contributed by atoms with Crippen LogP contribution in [0.3, 0.4) is 0 Å². The van der Waals surface area contributed by atoms with Gasteiger partial charge in [-0.25, -0.2) is 4.79 Å². The molecule has 1 heterocycles. The Morgan fingerprint density at radius 2 is 1.76 bits per heavy atom. The maximum Gasteiger partial charge on any atom is 0.326 e. The van der Waals surface area contributed by atoms with Gasteiger partial charge in [0.25, 0.3) is 0 Å². The molecule has 182 valence electrons. The summed E-state index contributed by atoms with van der Waals surface area (Å²) in [5.41, 5.74) is 0.854. The molecule has 11 heteroatoms. The summed E-state index contributed by atoms with van der Waals surface area (Å²) in [4.78, 5) is 49.8. The third-order valence-corrected chi connectivity index (χ3v) is 6.34. The van der Waals surface area contributed by atoms with Gasteiger partial charge in [0, 0.05) is 12.2 Å². The van der Waals surface area contributed by atoms with E-state index in [1.165, 1.54) is 11.8 Å². The zero-order valence-corrected chi connectivity index (χ0v) is 20.3. The lowest BCUT2D eigenvalue weighted by atomic mass is 10.0. The van der Waals surface area contributed by atoms with Crippen molar-refractivity contribution < 1.29 is 24.3 Å². The summed E-state index contributed by atoms with van der Waals surface area (Å²) in [6.45, 7) is 0.747. The van der Waals surface area contributed by atoms with Gasteiger partial charge in [-0.1, -0.05) is 30.3 Å². The standard InChI is InChI=1S/C22H32N4O5S2/c1-33-11-9-16(22(30)31)24-21(29)18(13-32)26-20(28)17(12-14-6-3-2-4-7-14)25-19(27)15-8-5-10-23-15/h2-4,6-7,15-18,23,32H,5,8-13H2,1H3,(H,24,29)(H,25,27)(H,26,28)(H,30,31). The van der Waals surface area contributed by atoms with E-state index in [0.717, 1.165) is 18.5 Å². The Hall–Kier alpha value is -2.24. The zero-order valence-electron chi connectivity index (χ0n) is 18.6. The first-order valence-corrected chi connectivity index (χ1v) is 12.9. The summed E-state index contributed by atoms with van der Waals surface area (Å²) in [5.74, 6) is -2.03. The quantitative estimate of drug-likeness (QED) is 0.215. The van der Waals surface area contributed by atoms with Gasteiger partial charge in [0.1, 0.15) is 18.1 Å². The van der Waals surface area contributed by atoms with Gasteiger partial charge in [-0.2, -0.15) is 24.4 Å². The highest BCUT2D eigenvalue weighted by Crippen LogP contribution is 2.09. The number of carboxylic acid groups (broad SMARTS) is 1. The van der Waals surface area contributed by atoms with E-state index < -0.39 is 35.9 Å². The van der Waals surface area contributed by atoms with Crippen molar-refractivity contribution in [2.24, 2.45) is 0 Å². The topological polar surface area (TPSA) is 137 Å². The summed E-state index contributed by atoms with van der Waals surface area (Å²) in [7, 11) is 0. The molecule has 4 atom stereocenters. The second-order valence-corrected chi connectivity index (χ2v) is 9.18. The van der Waals surface area contributed by atoms with Crippen molar-refractivity contribution in [1.29, 1.82) is 0 Å². The highest BCUT2D eigenvalue weighted by molar-refractivity contribution is 7.98. The van der Waals surface area contributed by atoms with E-state index in [1.807, 2.05) is 36.6 Å². The van der Waals surface area contributed by atoms with E-state index >= 15 is 0 Å². The molecule has 1 aromatic carbocycles. The van der Waals surface area contributed by atoms with Crippen LogP contribution in [0.25, 0.3) is 0 Å². The predicted octanol–water partition coefficient (Wildman–Crippen LogP) is 0.203. The normalized spacial score (nSPS) is 18.1. The van der Waals surface area contributed by atoms with Crippen molar-refractivity contribution in [2.75, 3.05) is 24.3 Å². The van der Waals surface area contributed by atoms with Crippen molar-refractivity contribution in [3.8, 4) is 0 Å². The number of carbonyl (C=O) groups is 4. The molecule has 0 aromatic heterocycles. The molecule has 3 amide bonds. The summed E-state index contributed by atoms with van der Waals surface area (Å²) in [6, 6.07) is 5.89. The van der Waals surface area contributed by atoms with Crippen molar-refractivity contribution in [3.05, 3.63) is 35.9 Å². The number of thioether (sulfide) groups is 1. The molecule has 9 nitrogen and oxygen atoms in total. The lowest BCUT2D eigenvalue weighted by Gasteiger charge is -2.24. The number of hydrogen-bond acceptors (Lipinski definition) is 7. The minimum absolute atomic E-state index is 0.0252. The molecule has 1 aliphatic rings. The molecule has 33 heavy (non-hydrogen) atoms. The van der Waals surface area contributed by atoms with E-state index in [9.17, 15) is 24.3 Å². The van der Waals surface area contributed by atoms with Crippen LogP contribution in [-0.2, 0) is 25.6 Å². The Bertz CT molecular complexity index is 805. The lowest BCUT2D eigenvalue weighted by molar-refractivity contribution is -0.142. The Morgan fingerprint density at radius 1 is 1.09 bits per heavy atom. The Kier molecular flexibility index (Phi) is 11.6. The molecule has 2 rings (SSSR count). The molecular formula is C22H32N4O5S2. The van der Waals surface area contributed by atoms with Gasteiger partial charge in [0.2, 0.25) is 17.7 Å². The Labute approximate surface area is 203 Å². The highest BCUT2D eigenvalue weighted by Gasteiger charge is 2.31. The van der Waals surface area contributed by atoms with Crippen molar-refractivity contribution in [3.63, 3.8) is 0 Å². The molecule has 0 aliphatic carbocycles. The number of amides is 3. The number of carboxylic acids is 1. The fourth-order valence-electron chi connectivity index (χ4n) is 3.47. The number of rotatable bonds is 13. The molecule has 0 radical (unpaired) electrons. The average Bonchev–Trinajstić information content (AvgIpc) is 3.35. The number of benzene rings is 1. The molecule has 4 unspecified atom stereocenters. The lowest BCUT2D eigenvalue weighted by Crippen LogP contribution is -2.58. The van der Waals surface area contributed by atoms with Gasteiger partial charge in [0.05, 0.1) is 6.04 Å². The highest BCUT2D eigenvalue weighted by atomic mass is 32.2. The fraction of sp³-hybridized carbons (Fsp3) is 0.545. The summed E-state index contributed by atoms with van der Waals surface area (Å²) in [6.07, 6.45) is 3.93. The van der Waals surface area contributed by atoms with E-state index in [-0.39, 0.29) is 30.5 Å². The molecule has 1 saturated heterocycles. The Morgan fingerprint density at radius 3 is 2.33 bits per heavy atom. The first-order chi connectivity index (χ1) is 15.8. The number of aliphatic carboxylic acids is 1. The first-order valence-electron chi connectivity index (χ1n) is 10.9. The predicted molar refractivity (Wildman–Crippen MR) is 131 cm³/mol. The van der Waals surface area contributed by atoms with Crippen LogP contribution in [0.2, 0.25) is 0 Å². The molecule has 1 fully saturated rings. The van der Waals surface area contributed by atoms with Crippen LogP contribution in [0.15, 0.2) is 30.3 Å². The van der Waals surface area contributed by atoms with Gasteiger partial charge >= 0.3 is 5.97 Å². The minimum Gasteiger partial charge on any atom is -0.480 e. The summed E-state index contributed by atoms with van der Waals surface area (Å²) >= 11 is 5.63. The van der Waals surface area contributed by atoms with Crippen LogP contribution < -0.4 is 21.3 Å². The Balaban J connectivity index is 2.07. The first kappa shape index (κ1) is 27.0. The van der Waals surface area contributed by atoms with Crippen LogP contribution in [0.5, 0.6) is 0 Å². The second-order valence-electron chi connectivity index (χ2n) is 7.82. The average molecular weight is 497 g/mol. The maximum absolute atomic E-state index is 13.1. The van der Waals surface area contributed by atoms with Gasteiger partial charge in [-0.05, 0) is 43.4 Å². The minimum atomic E-state index is -1.14. The van der Waals surface area contributed by atoms with Gasteiger partial charge in [0.15, 0.2) is 0 Å². The molecule has 0 spiro atoms. The maximum atomic E-state index is 13.1. The van der Waals surface area contributed by atoms with Gasteiger partial charge in [-0.15, -0.1) is 0 Å². The van der Waals surface area contributed by atoms with Crippen molar-refractivity contribution in [1.82, 2.24) is 21.3 Å². The summed E-state index contributed by atoms with van der Waals surface area (Å²) in [5, 5.41) is 20.3. The number of thiol groups is 1. The van der Waals surface area contributed by atoms with Crippen LogP contribution in [0, 0.1) is 0 Å². The molecular weight excluding hydrogens is 464 g/mol. The molecule has 0 saturated carbocycles. The van der Waals surface area contributed by atoms with Crippen LogP contribution >= 0.6 is 24.4 Å². The van der Waals surface area contributed by atoms with E-state index in [2.05, 4.69) is 33.9 Å². The molecule has 1 aliphatic heterocycles. The fourth-order valence-corrected chi connectivity index (χ4v) is 4.20. The van der Waals surface area contributed by atoms with Crippen LogP contribution in [0.1, 0.15) is 24.8 Å². The monoisotopic (exact) mass is 496 g/mol. The summed E-state index contributed by atoms with van der Waals surface area (Å²) < 4.78 is 0. The van der Waals surface area contributed by atoms with Gasteiger partial charge < -0.3 is 26.4 Å². The smallest absolute Gasteiger partial charge is 0.326 e. The third-order valence-electron chi connectivity index (χ3n) is 5.33. The second kappa shape index (κ2) is 14.1. The molecule has 0 bridgehead atoms. The van der Waals surface area contributed by atoms with Gasteiger partial charge in [-0.3, -0.25) is 14.4 Å². The van der Waals surface area contributed by atoms with Crippen LogP contribution in [0.4, 0.5) is 0 Å². The van der Waals surface area contributed by atoms with E-state index in [4.69, 9.17) is 0 Å².